The van der Waals surface area contributed by atoms with E-state index in [-0.39, 0.29) is 30.5 Å². The van der Waals surface area contributed by atoms with Crippen molar-refractivity contribution < 1.29 is 18.4 Å². The van der Waals surface area contributed by atoms with Gasteiger partial charge < -0.3 is 4.90 Å². The first-order valence-corrected chi connectivity index (χ1v) is 11.2. The number of carbonyl (C=O) groups is 2. The summed E-state index contributed by atoms with van der Waals surface area (Å²) in [6.07, 6.45) is -1.13. The Labute approximate surface area is 196 Å². The summed E-state index contributed by atoms with van der Waals surface area (Å²) in [5, 5.41) is 9.72. The van der Waals surface area contributed by atoms with Crippen LogP contribution in [-0.2, 0) is 17.9 Å². The molecule has 0 spiro atoms. The van der Waals surface area contributed by atoms with E-state index in [1.54, 1.807) is 48.5 Å². The number of rotatable bonds is 4. The van der Waals surface area contributed by atoms with E-state index in [1.807, 2.05) is 18.7 Å². The number of fused-ring (bicyclic) bond motifs is 3. The molecule has 0 bridgehead atoms. The lowest BCUT2D eigenvalue weighted by Gasteiger charge is -2.45. The Morgan fingerprint density at radius 2 is 1.56 bits per heavy atom. The molecule has 2 aromatic rings. The molecule has 0 aliphatic carbocycles. The van der Waals surface area contributed by atoms with Gasteiger partial charge in [-0.15, -0.1) is 0 Å². The van der Waals surface area contributed by atoms with Gasteiger partial charge in [0.2, 0.25) is 0 Å². The molecule has 2 saturated heterocycles. The van der Waals surface area contributed by atoms with Gasteiger partial charge in [-0.25, -0.2) is 18.5 Å². The number of urea groups is 1. The number of nitrogens with zero attached hydrogens (tertiary/aromatic N) is 5. The topological polar surface area (TPSA) is 71.5 Å². The molecule has 10 heteroatoms. The van der Waals surface area contributed by atoms with Crippen LogP contribution in [0.15, 0.2) is 53.6 Å². The summed E-state index contributed by atoms with van der Waals surface area (Å²) in [5.41, 5.74) is 1.51. The second kappa shape index (κ2) is 8.44. The van der Waals surface area contributed by atoms with E-state index in [0.717, 1.165) is 10.6 Å². The molecule has 2 aromatic carbocycles. The summed E-state index contributed by atoms with van der Waals surface area (Å²) in [6.45, 7) is 3.84. The minimum atomic E-state index is -0.706. The van der Waals surface area contributed by atoms with E-state index in [1.165, 1.54) is 17.0 Å². The maximum atomic E-state index is 14.4. The summed E-state index contributed by atoms with van der Waals surface area (Å²) in [6, 6.07) is 11.2. The number of hydrogen-bond acceptors (Lipinski definition) is 6. The molecule has 0 saturated carbocycles. The monoisotopic (exact) mass is 468 g/mol. The Morgan fingerprint density at radius 3 is 2.18 bits per heavy atom. The second-order valence-corrected chi connectivity index (χ2v) is 8.89. The number of halogens is 2. The highest BCUT2D eigenvalue weighted by Gasteiger charge is 2.58. The van der Waals surface area contributed by atoms with Crippen molar-refractivity contribution in [2.45, 2.75) is 51.5 Å². The summed E-state index contributed by atoms with van der Waals surface area (Å²) in [4.78, 5) is 31.3. The lowest BCUT2D eigenvalue weighted by Crippen LogP contribution is -2.67. The normalized spacial score (nSPS) is 27.1. The number of hydrogen-bond donors (Lipinski definition) is 1. The van der Waals surface area contributed by atoms with Gasteiger partial charge in [0, 0.05) is 18.2 Å². The van der Waals surface area contributed by atoms with E-state index >= 15 is 0 Å². The largest absolute Gasteiger partial charge is 0.328 e. The van der Waals surface area contributed by atoms with Gasteiger partial charge in [0.15, 0.2) is 6.29 Å². The van der Waals surface area contributed by atoms with E-state index in [9.17, 15) is 18.4 Å². The van der Waals surface area contributed by atoms with Crippen molar-refractivity contribution in [1.82, 2.24) is 25.0 Å². The number of amides is 3. The van der Waals surface area contributed by atoms with Crippen LogP contribution in [0.5, 0.6) is 0 Å². The summed E-state index contributed by atoms with van der Waals surface area (Å²) in [5.74, 6) is -1.21. The maximum Gasteiger partial charge on any atom is 0.328 e. The van der Waals surface area contributed by atoms with Crippen molar-refractivity contribution >= 4 is 17.6 Å². The maximum absolute atomic E-state index is 14.4. The van der Waals surface area contributed by atoms with Gasteiger partial charge in [0.05, 0.1) is 24.8 Å². The quantitative estimate of drug-likeness (QED) is 0.747. The third kappa shape index (κ3) is 3.54. The number of nitrogens with one attached hydrogen (secondary N) is 1. The van der Waals surface area contributed by atoms with E-state index in [4.69, 9.17) is 0 Å². The molecule has 4 atom stereocenters. The first-order valence-electron chi connectivity index (χ1n) is 11.2. The second-order valence-electron chi connectivity index (χ2n) is 8.89. The van der Waals surface area contributed by atoms with Crippen molar-refractivity contribution in [2.75, 3.05) is 7.05 Å². The predicted molar refractivity (Wildman–Crippen MR) is 121 cm³/mol. The highest BCUT2D eigenvalue weighted by molar-refractivity contribution is 6.01. The summed E-state index contributed by atoms with van der Waals surface area (Å²) >= 11 is 0. The zero-order valence-electron chi connectivity index (χ0n) is 19.2. The van der Waals surface area contributed by atoms with Crippen LogP contribution in [0.4, 0.5) is 13.6 Å². The SMILES string of the molecule is CC1=NN(Cc2ccccc2F)C2NC3C(C(=O)N(Cc4ccccc4F)C(=O)N3C)N2C1C. The fraction of sp³-hybridized carbons (Fsp3) is 0.375. The lowest BCUT2D eigenvalue weighted by atomic mass is 10.0. The van der Waals surface area contributed by atoms with Crippen LogP contribution in [0.2, 0.25) is 0 Å². The summed E-state index contributed by atoms with van der Waals surface area (Å²) in [7, 11) is 1.62. The van der Waals surface area contributed by atoms with E-state index < -0.39 is 36.3 Å². The molecular weight excluding hydrogens is 442 g/mol. The number of imide groups is 1. The first-order chi connectivity index (χ1) is 16.3. The van der Waals surface area contributed by atoms with E-state index in [0.29, 0.717) is 5.56 Å². The molecule has 3 aliphatic rings. The number of benzene rings is 2. The van der Waals surface area contributed by atoms with Gasteiger partial charge in [0.25, 0.3) is 5.91 Å². The number of hydrazone groups is 1. The average molecular weight is 469 g/mol. The van der Waals surface area contributed by atoms with Gasteiger partial charge >= 0.3 is 6.03 Å². The van der Waals surface area contributed by atoms with Crippen LogP contribution >= 0.6 is 0 Å². The molecule has 4 unspecified atom stereocenters. The molecule has 8 nitrogen and oxygen atoms in total. The minimum Gasteiger partial charge on any atom is -0.310 e. The molecule has 178 valence electrons. The Hall–Kier alpha value is -3.37. The van der Waals surface area contributed by atoms with Crippen LogP contribution in [0.25, 0.3) is 0 Å². The van der Waals surface area contributed by atoms with Crippen molar-refractivity contribution in [1.29, 1.82) is 0 Å². The number of carbonyl (C=O) groups excluding carboxylic acids is 2. The Morgan fingerprint density at radius 1 is 0.971 bits per heavy atom. The highest BCUT2D eigenvalue weighted by atomic mass is 19.1. The fourth-order valence-electron chi connectivity index (χ4n) is 4.91. The number of likely N-dealkylation sites (N-methyl/N-ethyl adjacent to an activating group) is 1. The van der Waals surface area contributed by atoms with Crippen molar-refractivity contribution in [3.8, 4) is 0 Å². The van der Waals surface area contributed by atoms with Crippen LogP contribution < -0.4 is 5.32 Å². The van der Waals surface area contributed by atoms with E-state index in [2.05, 4.69) is 10.4 Å². The molecule has 3 aliphatic heterocycles. The van der Waals surface area contributed by atoms with Gasteiger partial charge in [-0.3, -0.25) is 20.0 Å². The van der Waals surface area contributed by atoms with Gasteiger partial charge in [0.1, 0.15) is 23.8 Å². The fourth-order valence-corrected chi connectivity index (χ4v) is 4.91. The van der Waals surface area contributed by atoms with Crippen LogP contribution in [-0.4, -0.2) is 68.9 Å². The van der Waals surface area contributed by atoms with Crippen LogP contribution in [0.1, 0.15) is 25.0 Å². The van der Waals surface area contributed by atoms with Crippen molar-refractivity contribution in [3.63, 3.8) is 0 Å². The Bertz CT molecular complexity index is 1170. The first kappa shape index (κ1) is 22.4. The van der Waals surface area contributed by atoms with Crippen LogP contribution in [0, 0.1) is 11.6 Å². The molecule has 3 amide bonds. The average Bonchev–Trinajstić information content (AvgIpc) is 3.23. The highest BCUT2D eigenvalue weighted by Crippen LogP contribution is 2.34. The van der Waals surface area contributed by atoms with Crippen molar-refractivity contribution in [2.24, 2.45) is 5.10 Å². The molecule has 3 heterocycles. The molecule has 0 aromatic heterocycles. The van der Waals surface area contributed by atoms with Gasteiger partial charge in [-0.2, -0.15) is 5.10 Å². The Kier molecular flexibility index (Phi) is 5.57. The molecular formula is C24H26F2N6O2. The zero-order chi connectivity index (χ0) is 24.1. The standard InChI is InChI=1S/C24H26F2N6O2/c1-14-15(2)32-20-21(27-23(32)31(28-14)13-17-9-5-7-11-19(17)26)29(3)24(34)30(22(20)33)12-16-8-4-6-10-18(16)25/h4-11,15,20-21,23,27H,12-13H2,1-3H3. The van der Waals surface area contributed by atoms with Gasteiger partial charge in [-0.1, -0.05) is 36.4 Å². The Balaban J connectivity index is 1.47. The summed E-state index contributed by atoms with van der Waals surface area (Å²) < 4.78 is 28.7. The van der Waals surface area contributed by atoms with Crippen LogP contribution in [0.3, 0.4) is 0 Å². The predicted octanol–water partition coefficient (Wildman–Crippen LogP) is 2.52. The smallest absolute Gasteiger partial charge is 0.310 e. The third-order valence-corrected chi connectivity index (χ3v) is 6.89. The zero-order valence-corrected chi connectivity index (χ0v) is 19.2. The van der Waals surface area contributed by atoms with Gasteiger partial charge in [-0.05, 0) is 26.0 Å². The molecule has 0 radical (unpaired) electrons. The molecule has 34 heavy (non-hydrogen) atoms. The molecule has 5 rings (SSSR count). The minimum absolute atomic E-state index is 0.156. The third-order valence-electron chi connectivity index (χ3n) is 6.89. The van der Waals surface area contributed by atoms with Crippen molar-refractivity contribution in [3.05, 3.63) is 71.3 Å². The lowest BCUT2D eigenvalue weighted by molar-refractivity contribution is -0.140. The molecule has 2 fully saturated rings. The molecule has 1 N–H and O–H groups in total.